The predicted octanol–water partition coefficient (Wildman–Crippen LogP) is 5.55. The smallest absolute Gasteiger partial charge is 0.306 e. The van der Waals surface area contributed by atoms with Crippen LogP contribution in [0.5, 0.6) is 5.75 Å². The molecular weight excluding hydrogens is 448 g/mol. The van der Waals surface area contributed by atoms with Crippen LogP contribution in [0.25, 0.3) is 32.5 Å². The maximum Gasteiger partial charge on any atom is 0.306 e. The molecular formula is C24H19ClN2O4S. The van der Waals surface area contributed by atoms with E-state index >= 15 is 0 Å². The van der Waals surface area contributed by atoms with E-state index in [1.807, 2.05) is 37.3 Å². The Morgan fingerprint density at radius 2 is 1.91 bits per heavy atom. The normalized spacial score (nSPS) is 11.6. The number of carboxylic acids is 1. The molecule has 4 rings (SSSR count). The molecule has 2 heterocycles. The highest BCUT2D eigenvalue weighted by Crippen LogP contribution is 2.36. The van der Waals surface area contributed by atoms with Crippen molar-refractivity contribution in [3.8, 4) is 16.9 Å². The lowest BCUT2D eigenvalue weighted by atomic mass is 10.0. The van der Waals surface area contributed by atoms with Crippen molar-refractivity contribution in [2.24, 2.45) is 0 Å². The number of aliphatic carboxylic acids is 1. The van der Waals surface area contributed by atoms with Crippen LogP contribution in [0.3, 0.4) is 0 Å². The van der Waals surface area contributed by atoms with E-state index in [2.05, 4.69) is 9.97 Å². The molecule has 0 fully saturated rings. The Hall–Kier alpha value is -3.42. The summed E-state index contributed by atoms with van der Waals surface area (Å²) < 4.78 is 5.38. The second-order valence-corrected chi connectivity index (χ2v) is 8.66. The van der Waals surface area contributed by atoms with Gasteiger partial charge in [-0.2, -0.15) is 0 Å². The number of ether oxygens (including phenoxy) is 1. The summed E-state index contributed by atoms with van der Waals surface area (Å²) in [5, 5.41) is 9.54. The number of aromatic amines is 1. The van der Waals surface area contributed by atoms with Crippen molar-refractivity contribution in [3.05, 3.63) is 81.2 Å². The fourth-order valence-electron chi connectivity index (χ4n) is 3.32. The second kappa shape index (κ2) is 9.38. The lowest BCUT2D eigenvalue weighted by Gasteiger charge is -2.05. The molecule has 0 aliphatic carbocycles. The standard InChI is InChI=1S/C24H19ClN2O4S/c1-14-20(16-5-3-2-4-6-16)21-23(30)26-22(27-24(21)32-14)18(25)13-15-7-9-17(10-8-15)31-12-11-19(28)29/h2-10,13H,11-12H2,1H3,(H,28,29)(H,26,27,30)/b18-13-. The molecule has 2 aromatic heterocycles. The minimum absolute atomic E-state index is 0.0663. The van der Waals surface area contributed by atoms with Crippen molar-refractivity contribution in [2.75, 3.05) is 6.61 Å². The van der Waals surface area contributed by atoms with Gasteiger partial charge in [-0.15, -0.1) is 11.3 Å². The summed E-state index contributed by atoms with van der Waals surface area (Å²) in [4.78, 5) is 32.5. The molecule has 2 N–H and O–H groups in total. The van der Waals surface area contributed by atoms with Gasteiger partial charge in [0.25, 0.3) is 5.56 Å². The van der Waals surface area contributed by atoms with Crippen LogP contribution >= 0.6 is 22.9 Å². The molecule has 0 atom stereocenters. The number of halogens is 1. The third-order valence-corrected chi connectivity index (χ3v) is 6.07. The van der Waals surface area contributed by atoms with E-state index in [0.29, 0.717) is 26.8 Å². The number of hydrogen-bond acceptors (Lipinski definition) is 5. The fraction of sp³-hybridized carbons (Fsp3) is 0.125. The molecule has 4 aromatic rings. The number of aryl methyl sites for hydroxylation is 1. The third kappa shape index (κ3) is 4.74. The number of carbonyl (C=O) groups is 1. The van der Waals surface area contributed by atoms with E-state index in [-0.39, 0.29) is 18.6 Å². The first-order valence-electron chi connectivity index (χ1n) is 9.83. The number of carboxylic acid groups (broad SMARTS) is 1. The van der Waals surface area contributed by atoms with Crippen LogP contribution < -0.4 is 10.3 Å². The van der Waals surface area contributed by atoms with E-state index in [0.717, 1.165) is 21.6 Å². The molecule has 0 aliphatic rings. The molecule has 0 bridgehead atoms. The number of nitrogens with zero attached hydrogens (tertiary/aromatic N) is 1. The van der Waals surface area contributed by atoms with E-state index in [1.165, 1.54) is 11.3 Å². The van der Waals surface area contributed by atoms with Gasteiger partial charge >= 0.3 is 5.97 Å². The molecule has 32 heavy (non-hydrogen) atoms. The van der Waals surface area contributed by atoms with Gasteiger partial charge in [0.05, 0.1) is 23.4 Å². The summed E-state index contributed by atoms with van der Waals surface area (Å²) in [7, 11) is 0. The van der Waals surface area contributed by atoms with E-state index in [1.54, 1.807) is 30.3 Å². The number of aromatic nitrogens is 2. The Morgan fingerprint density at radius 3 is 2.59 bits per heavy atom. The lowest BCUT2D eigenvalue weighted by Crippen LogP contribution is -2.10. The Labute approximate surface area is 192 Å². The summed E-state index contributed by atoms with van der Waals surface area (Å²) in [6.45, 7) is 2.08. The number of thiophene rings is 1. The highest BCUT2D eigenvalue weighted by molar-refractivity contribution is 7.19. The maximum atomic E-state index is 12.9. The number of benzene rings is 2. The monoisotopic (exact) mass is 466 g/mol. The topological polar surface area (TPSA) is 92.3 Å². The van der Waals surface area contributed by atoms with Crippen LogP contribution in [0.4, 0.5) is 0 Å². The number of nitrogens with one attached hydrogen (secondary N) is 1. The molecule has 6 nitrogen and oxygen atoms in total. The zero-order valence-electron chi connectivity index (χ0n) is 17.1. The molecule has 0 saturated heterocycles. The van der Waals surface area contributed by atoms with Gasteiger partial charge in [0, 0.05) is 10.4 Å². The Morgan fingerprint density at radius 1 is 1.19 bits per heavy atom. The van der Waals surface area contributed by atoms with Gasteiger partial charge in [-0.3, -0.25) is 9.59 Å². The lowest BCUT2D eigenvalue weighted by molar-refractivity contribution is -0.137. The summed E-state index contributed by atoms with van der Waals surface area (Å²) in [6, 6.07) is 16.8. The van der Waals surface area contributed by atoms with E-state index in [4.69, 9.17) is 21.4 Å². The highest BCUT2D eigenvalue weighted by Gasteiger charge is 2.17. The van der Waals surface area contributed by atoms with Crippen molar-refractivity contribution < 1.29 is 14.6 Å². The van der Waals surface area contributed by atoms with Gasteiger partial charge in [0.1, 0.15) is 10.6 Å². The van der Waals surface area contributed by atoms with Crippen molar-refractivity contribution in [1.29, 1.82) is 0 Å². The van der Waals surface area contributed by atoms with Crippen molar-refractivity contribution >= 4 is 50.2 Å². The second-order valence-electron chi connectivity index (χ2n) is 7.05. The minimum atomic E-state index is -0.911. The molecule has 0 saturated carbocycles. The molecule has 162 valence electrons. The van der Waals surface area contributed by atoms with Crippen molar-refractivity contribution in [2.45, 2.75) is 13.3 Å². The maximum absolute atomic E-state index is 12.9. The summed E-state index contributed by atoms with van der Waals surface area (Å²) in [5.41, 5.74) is 2.42. The SMILES string of the molecule is Cc1sc2nc(/C(Cl)=C/c3ccc(OCCC(=O)O)cc3)[nH]c(=O)c2c1-c1ccccc1. The molecule has 0 spiro atoms. The number of fused-ring (bicyclic) bond motifs is 1. The van der Waals surface area contributed by atoms with Crippen molar-refractivity contribution in [3.63, 3.8) is 0 Å². The zero-order valence-corrected chi connectivity index (χ0v) is 18.7. The van der Waals surface area contributed by atoms with Crippen LogP contribution in [0, 0.1) is 6.92 Å². The van der Waals surface area contributed by atoms with Gasteiger partial charge in [-0.1, -0.05) is 54.1 Å². The average Bonchev–Trinajstić information content (AvgIpc) is 3.11. The molecule has 0 aliphatic heterocycles. The number of H-pyrrole nitrogens is 1. The van der Waals surface area contributed by atoms with Crippen LogP contribution in [-0.4, -0.2) is 27.7 Å². The Kier molecular flexibility index (Phi) is 6.39. The summed E-state index contributed by atoms with van der Waals surface area (Å²) in [5.74, 6) is -0.0478. The van der Waals surface area contributed by atoms with Crippen LogP contribution in [0.1, 0.15) is 22.7 Å². The highest BCUT2D eigenvalue weighted by atomic mass is 35.5. The molecule has 0 unspecified atom stereocenters. The number of hydrogen-bond donors (Lipinski definition) is 2. The minimum Gasteiger partial charge on any atom is -0.493 e. The van der Waals surface area contributed by atoms with Gasteiger partial charge in [0.15, 0.2) is 5.82 Å². The number of rotatable bonds is 7. The molecule has 8 heteroatoms. The molecule has 0 radical (unpaired) electrons. The van der Waals surface area contributed by atoms with Gasteiger partial charge in [0.2, 0.25) is 0 Å². The van der Waals surface area contributed by atoms with Crippen LogP contribution in [0.15, 0.2) is 59.4 Å². The summed E-state index contributed by atoms with van der Waals surface area (Å²) in [6.07, 6.45) is 1.63. The van der Waals surface area contributed by atoms with Crippen molar-refractivity contribution in [1.82, 2.24) is 9.97 Å². The van der Waals surface area contributed by atoms with Crippen LogP contribution in [-0.2, 0) is 4.79 Å². The Balaban J connectivity index is 1.62. The molecule has 0 amide bonds. The fourth-order valence-corrected chi connectivity index (χ4v) is 4.58. The first kappa shape index (κ1) is 21.8. The third-order valence-electron chi connectivity index (χ3n) is 4.78. The van der Waals surface area contributed by atoms with Gasteiger partial charge < -0.3 is 14.8 Å². The van der Waals surface area contributed by atoms with Gasteiger partial charge in [-0.05, 0) is 36.3 Å². The van der Waals surface area contributed by atoms with Gasteiger partial charge in [-0.25, -0.2) is 4.98 Å². The summed E-state index contributed by atoms with van der Waals surface area (Å²) >= 11 is 7.93. The van der Waals surface area contributed by atoms with Crippen LogP contribution in [0.2, 0.25) is 0 Å². The Bertz CT molecular complexity index is 1360. The zero-order chi connectivity index (χ0) is 22.7. The first-order chi connectivity index (χ1) is 15.4. The van der Waals surface area contributed by atoms with E-state index < -0.39 is 5.97 Å². The predicted molar refractivity (Wildman–Crippen MR) is 128 cm³/mol. The average molecular weight is 467 g/mol. The quantitative estimate of drug-likeness (QED) is 0.372. The first-order valence-corrected chi connectivity index (χ1v) is 11.0. The largest absolute Gasteiger partial charge is 0.493 e. The van der Waals surface area contributed by atoms with E-state index in [9.17, 15) is 9.59 Å². The molecule has 2 aromatic carbocycles.